The lowest BCUT2D eigenvalue weighted by molar-refractivity contribution is 0.417. The van der Waals surface area contributed by atoms with Crippen molar-refractivity contribution in [3.05, 3.63) is 27.7 Å². The van der Waals surface area contributed by atoms with Crippen molar-refractivity contribution in [1.82, 2.24) is 4.31 Å². The molecular weight excluding hydrogens is 350 g/mol. The monoisotopic (exact) mass is 367 g/mol. The quantitative estimate of drug-likeness (QED) is 0.742. The molecular formula is C13H19BrClNO2S. The second-order valence-electron chi connectivity index (χ2n) is 5.04. The van der Waals surface area contributed by atoms with Crippen molar-refractivity contribution in [2.75, 3.05) is 13.6 Å². The minimum absolute atomic E-state index is 0.274. The molecule has 1 aromatic rings. The third kappa shape index (κ3) is 3.94. The van der Waals surface area contributed by atoms with Gasteiger partial charge in [0.2, 0.25) is 10.0 Å². The second kappa shape index (κ2) is 6.57. The lowest BCUT2D eigenvalue weighted by Gasteiger charge is -2.21. The van der Waals surface area contributed by atoms with Gasteiger partial charge in [0.05, 0.1) is 4.90 Å². The first-order chi connectivity index (χ1) is 8.70. The van der Waals surface area contributed by atoms with Gasteiger partial charge in [-0.15, -0.1) is 11.6 Å². The molecule has 0 saturated carbocycles. The van der Waals surface area contributed by atoms with Crippen LogP contribution in [0.4, 0.5) is 0 Å². The van der Waals surface area contributed by atoms with E-state index < -0.39 is 10.0 Å². The van der Waals surface area contributed by atoms with Gasteiger partial charge in [-0.1, -0.05) is 19.9 Å². The summed E-state index contributed by atoms with van der Waals surface area (Å²) in [6.45, 7) is 6.32. The Morgan fingerprint density at radius 3 is 2.42 bits per heavy atom. The second-order valence-corrected chi connectivity index (χ2v) is 8.11. The number of hydrogen-bond donors (Lipinski definition) is 0. The van der Waals surface area contributed by atoms with Crippen LogP contribution in [0.3, 0.4) is 0 Å². The van der Waals surface area contributed by atoms with Crippen molar-refractivity contribution in [2.45, 2.75) is 31.5 Å². The van der Waals surface area contributed by atoms with Crippen molar-refractivity contribution in [1.29, 1.82) is 0 Å². The van der Waals surface area contributed by atoms with E-state index in [0.29, 0.717) is 16.9 Å². The Morgan fingerprint density at radius 1 is 1.37 bits per heavy atom. The van der Waals surface area contributed by atoms with E-state index in [0.717, 1.165) is 11.1 Å². The van der Waals surface area contributed by atoms with E-state index in [2.05, 4.69) is 15.9 Å². The van der Waals surface area contributed by atoms with Crippen LogP contribution in [0.5, 0.6) is 0 Å². The van der Waals surface area contributed by atoms with Crippen LogP contribution in [0.1, 0.15) is 25.0 Å². The van der Waals surface area contributed by atoms with Crippen LogP contribution in [0, 0.1) is 12.8 Å². The normalized spacial score (nSPS) is 12.4. The van der Waals surface area contributed by atoms with Crippen molar-refractivity contribution in [2.24, 2.45) is 5.92 Å². The molecule has 0 fully saturated rings. The molecule has 0 spiro atoms. The van der Waals surface area contributed by atoms with E-state index in [4.69, 9.17) is 11.6 Å². The summed E-state index contributed by atoms with van der Waals surface area (Å²) < 4.78 is 27.1. The van der Waals surface area contributed by atoms with Gasteiger partial charge in [-0.05, 0) is 46.0 Å². The van der Waals surface area contributed by atoms with E-state index in [9.17, 15) is 8.42 Å². The Morgan fingerprint density at radius 2 is 1.95 bits per heavy atom. The molecule has 0 aliphatic rings. The Bertz CT molecular complexity index is 558. The maximum atomic E-state index is 12.6. The molecule has 0 aliphatic carbocycles. The van der Waals surface area contributed by atoms with Crippen LogP contribution in [0.25, 0.3) is 0 Å². The standard InChI is InChI=1S/C13H19BrClNO2S/c1-9(2)8-16(4)19(17,18)12-6-11(7-15)5-10(3)13(12)14/h5-6,9H,7-8H2,1-4H3. The number of alkyl halides is 1. The van der Waals surface area contributed by atoms with Gasteiger partial charge in [0.25, 0.3) is 0 Å². The van der Waals surface area contributed by atoms with E-state index in [1.165, 1.54) is 4.31 Å². The molecule has 19 heavy (non-hydrogen) atoms. The maximum Gasteiger partial charge on any atom is 0.243 e. The fourth-order valence-corrected chi connectivity index (χ4v) is 4.37. The summed E-state index contributed by atoms with van der Waals surface area (Å²) in [5.74, 6) is 0.570. The number of aryl methyl sites for hydroxylation is 1. The van der Waals surface area contributed by atoms with Crippen molar-refractivity contribution in [3.63, 3.8) is 0 Å². The van der Waals surface area contributed by atoms with Crippen LogP contribution in [0.15, 0.2) is 21.5 Å². The topological polar surface area (TPSA) is 37.4 Å². The fourth-order valence-electron chi connectivity index (χ4n) is 1.85. The molecule has 0 aliphatic heterocycles. The van der Waals surface area contributed by atoms with Crippen LogP contribution in [-0.4, -0.2) is 26.3 Å². The summed E-state index contributed by atoms with van der Waals surface area (Å²) in [4.78, 5) is 0.284. The number of rotatable bonds is 5. The minimum atomic E-state index is -3.49. The lowest BCUT2D eigenvalue weighted by atomic mass is 10.2. The average Bonchev–Trinajstić information content (AvgIpc) is 2.31. The lowest BCUT2D eigenvalue weighted by Crippen LogP contribution is -2.30. The molecule has 0 saturated heterocycles. The minimum Gasteiger partial charge on any atom is -0.207 e. The smallest absolute Gasteiger partial charge is 0.207 e. The van der Waals surface area contributed by atoms with Gasteiger partial charge in [0.1, 0.15) is 0 Å². The number of hydrogen-bond acceptors (Lipinski definition) is 2. The van der Waals surface area contributed by atoms with Gasteiger partial charge in [-0.25, -0.2) is 12.7 Å². The molecule has 1 rings (SSSR count). The van der Waals surface area contributed by atoms with Crippen molar-refractivity contribution >= 4 is 37.6 Å². The van der Waals surface area contributed by atoms with E-state index >= 15 is 0 Å². The van der Waals surface area contributed by atoms with Crippen LogP contribution >= 0.6 is 27.5 Å². The Kier molecular flexibility index (Phi) is 5.86. The van der Waals surface area contributed by atoms with Gasteiger partial charge < -0.3 is 0 Å². The molecule has 0 radical (unpaired) electrons. The molecule has 108 valence electrons. The zero-order valence-corrected chi connectivity index (χ0v) is 14.7. The van der Waals surface area contributed by atoms with E-state index in [1.54, 1.807) is 13.1 Å². The third-order valence-corrected chi connectivity index (χ3v) is 6.22. The number of nitrogens with zero attached hydrogens (tertiary/aromatic N) is 1. The van der Waals surface area contributed by atoms with E-state index in [-0.39, 0.29) is 10.8 Å². The molecule has 0 bridgehead atoms. The fraction of sp³-hybridized carbons (Fsp3) is 0.538. The number of sulfonamides is 1. The van der Waals surface area contributed by atoms with Gasteiger partial charge >= 0.3 is 0 Å². The molecule has 0 amide bonds. The first kappa shape index (κ1) is 17.0. The highest BCUT2D eigenvalue weighted by atomic mass is 79.9. The average molecular weight is 369 g/mol. The predicted octanol–water partition coefficient (Wildman–Crippen LogP) is 3.77. The third-order valence-electron chi connectivity index (χ3n) is 2.75. The van der Waals surface area contributed by atoms with Gasteiger partial charge in [-0.3, -0.25) is 0 Å². The van der Waals surface area contributed by atoms with Crippen molar-refractivity contribution in [3.8, 4) is 0 Å². The molecule has 3 nitrogen and oxygen atoms in total. The SMILES string of the molecule is Cc1cc(CCl)cc(S(=O)(=O)N(C)CC(C)C)c1Br. The Labute approximate surface area is 129 Å². The zero-order chi connectivity index (χ0) is 14.8. The summed E-state index contributed by atoms with van der Waals surface area (Å²) >= 11 is 9.18. The zero-order valence-electron chi connectivity index (χ0n) is 11.6. The summed E-state index contributed by atoms with van der Waals surface area (Å²) in [5, 5.41) is 0. The highest BCUT2D eigenvalue weighted by Gasteiger charge is 2.25. The first-order valence-corrected chi connectivity index (χ1v) is 8.78. The Balaban J connectivity index is 3.32. The van der Waals surface area contributed by atoms with Gasteiger partial charge in [-0.2, -0.15) is 0 Å². The van der Waals surface area contributed by atoms with Crippen LogP contribution in [-0.2, 0) is 15.9 Å². The van der Waals surface area contributed by atoms with E-state index in [1.807, 2.05) is 26.8 Å². The summed E-state index contributed by atoms with van der Waals surface area (Å²) in [5.41, 5.74) is 1.67. The van der Waals surface area contributed by atoms with Gasteiger partial charge in [0, 0.05) is 23.9 Å². The number of benzene rings is 1. The largest absolute Gasteiger partial charge is 0.243 e. The molecule has 6 heteroatoms. The molecule has 0 heterocycles. The molecule has 1 aromatic carbocycles. The summed E-state index contributed by atoms with van der Waals surface area (Å²) in [6.07, 6.45) is 0. The Hall–Kier alpha value is -0.100. The highest BCUT2D eigenvalue weighted by Crippen LogP contribution is 2.30. The van der Waals surface area contributed by atoms with Crippen molar-refractivity contribution < 1.29 is 8.42 Å². The first-order valence-electron chi connectivity index (χ1n) is 6.01. The highest BCUT2D eigenvalue weighted by molar-refractivity contribution is 9.10. The van der Waals surface area contributed by atoms with Crippen LogP contribution in [0.2, 0.25) is 0 Å². The maximum absolute atomic E-state index is 12.6. The summed E-state index contributed by atoms with van der Waals surface area (Å²) in [7, 11) is -1.89. The molecule has 0 unspecified atom stereocenters. The summed E-state index contributed by atoms with van der Waals surface area (Å²) in [6, 6.07) is 3.52. The predicted molar refractivity (Wildman–Crippen MR) is 83.1 cm³/mol. The molecule has 0 N–H and O–H groups in total. The number of halogens is 2. The molecule has 0 atom stereocenters. The molecule has 0 aromatic heterocycles. The van der Waals surface area contributed by atoms with Gasteiger partial charge in [0.15, 0.2) is 0 Å². The van der Waals surface area contributed by atoms with Crippen LogP contribution < -0.4 is 0 Å².